The fourth-order valence-corrected chi connectivity index (χ4v) is 9.04. The number of hydrogen-bond acceptors (Lipinski definition) is 1. The molecule has 1 aromatic heterocycles. The minimum atomic E-state index is -0.00417. The van der Waals surface area contributed by atoms with E-state index in [0.717, 1.165) is 21.9 Å². The van der Waals surface area contributed by atoms with E-state index >= 15 is 0 Å². The van der Waals surface area contributed by atoms with Gasteiger partial charge in [0.2, 0.25) is 0 Å². The smallest absolute Gasteiger partial charge is 0.136 e. The van der Waals surface area contributed by atoms with Crippen molar-refractivity contribution >= 4 is 54.3 Å². The molecule has 0 atom stereocenters. The quantitative estimate of drug-likeness (QED) is 0.176. The minimum absolute atomic E-state index is 0.00417. The zero-order valence-corrected chi connectivity index (χ0v) is 27.9. The van der Waals surface area contributed by atoms with Crippen molar-refractivity contribution < 1.29 is 4.42 Å². The first kappa shape index (κ1) is 27.7. The maximum absolute atomic E-state index is 6.46. The monoisotopic (exact) mass is 636 g/mol. The Morgan fingerprint density at radius 1 is 0.360 bits per heavy atom. The topological polar surface area (TPSA) is 13.1 Å². The van der Waals surface area contributed by atoms with Gasteiger partial charge >= 0.3 is 0 Å². The summed E-state index contributed by atoms with van der Waals surface area (Å²) in [6, 6.07) is 58.2. The van der Waals surface area contributed by atoms with Gasteiger partial charge in [-0.15, -0.1) is 0 Å². The van der Waals surface area contributed by atoms with Crippen molar-refractivity contribution in [3.8, 4) is 44.5 Å². The predicted molar refractivity (Wildman–Crippen MR) is 211 cm³/mol. The third kappa shape index (κ3) is 3.72. The van der Waals surface area contributed by atoms with Gasteiger partial charge in [0.25, 0.3) is 0 Å². The van der Waals surface area contributed by atoms with Gasteiger partial charge in [0.1, 0.15) is 11.2 Å². The highest BCUT2D eigenvalue weighted by Gasteiger charge is 2.35. The third-order valence-corrected chi connectivity index (χ3v) is 11.5. The highest BCUT2D eigenvalue weighted by atomic mass is 16.3. The van der Waals surface area contributed by atoms with E-state index in [1.54, 1.807) is 0 Å². The number of furan rings is 1. The molecule has 0 saturated heterocycles. The van der Waals surface area contributed by atoms with Gasteiger partial charge in [0.05, 0.1) is 0 Å². The lowest BCUT2D eigenvalue weighted by Gasteiger charge is -2.21. The first-order valence-corrected chi connectivity index (χ1v) is 17.5. The molecule has 0 aliphatic heterocycles. The second kappa shape index (κ2) is 9.94. The maximum atomic E-state index is 6.46. The first-order valence-electron chi connectivity index (χ1n) is 17.5. The summed E-state index contributed by atoms with van der Waals surface area (Å²) >= 11 is 0. The first-order chi connectivity index (χ1) is 24.5. The van der Waals surface area contributed by atoms with Crippen molar-refractivity contribution in [1.29, 1.82) is 0 Å². The molecule has 0 fully saturated rings. The molecule has 234 valence electrons. The van der Waals surface area contributed by atoms with Crippen molar-refractivity contribution in [2.45, 2.75) is 19.3 Å². The van der Waals surface area contributed by atoms with Crippen LogP contribution >= 0.6 is 0 Å². The van der Waals surface area contributed by atoms with E-state index in [1.807, 2.05) is 0 Å². The zero-order chi connectivity index (χ0) is 33.1. The molecule has 0 bridgehead atoms. The van der Waals surface area contributed by atoms with Crippen LogP contribution in [0.1, 0.15) is 25.0 Å². The van der Waals surface area contributed by atoms with Crippen LogP contribution in [0.4, 0.5) is 0 Å². The van der Waals surface area contributed by atoms with Crippen LogP contribution in [0, 0.1) is 0 Å². The van der Waals surface area contributed by atoms with Gasteiger partial charge in [-0.25, -0.2) is 0 Å². The van der Waals surface area contributed by atoms with Gasteiger partial charge in [-0.3, -0.25) is 0 Å². The van der Waals surface area contributed by atoms with E-state index in [0.29, 0.717) is 0 Å². The van der Waals surface area contributed by atoms with Gasteiger partial charge in [-0.2, -0.15) is 0 Å². The fourth-order valence-electron chi connectivity index (χ4n) is 9.04. The van der Waals surface area contributed by atoms with Gasteiger partial charge in [-0.1, -0.05) is 147 Å². The van der Waals surface area contributed by atoms with E-state index in [2.05, 4.69) is 172 Å². The molecule has 1 heteroatoms. The molecule has 50 heavy (non-hydrogen) atoms. The van der Waals surface area contributed by atoms with Crippen molar-refractivity contribution in [3.05, 3.63) is 169 Å². The summed E-state index contributed by atoms with van der Waals surface area (Å²) in [5.41, 5.74) is 14.7. The summed E-state index contributed by atoms with van der Waals surface area (Å²) in [5, 5.41) is 10.1. The second-order valence-electron chi connectivity index (χ2n) is 14.4. The predicted octanol–water partition coefficient (Wildman–Crippen LogP) is 13.8. The van der Waals surface area contributed by atoms with Crippen LogP contribution in [0.25, 0.3) is 98.8 Å². The maximum Gasteiger partial charge on any atom is 0.136 e. The third-order valence-electron chi connectivity index (χ3n) is 11.5. The lowest BCUT2D eigenvalue weighted by atomic mass is 9.82. The van der Waals surface area contributed by atoms with Gasteiger partial charge in [-0.05, 0) is 112 Å². The molecule has 0 unspecified atom stereocenters. The Hall–Kier alpha value is -6.18. The molecule has 1 aliphatic rings. The lowest BCUT2D eigenvalue weighted by molar-refractivity contribution is 0.660. The second-order valence-corrected chi connectivity index (χ2v) is 14.4. The van der Waals surface area contributed by atoms with E-state index in [9.17, 15) is 0 Å². The van der Waals surface area contributed by atoms with Crippen molar-refractivity contribution in [3.63, 3.8) is 0 Å². The van der Waals surface area contributed by atoms with Crippen LogP contribution in [0.5, 0.6) is 0 Å². The molecule has 1 heterocycles. The molecule has 1 nitrogen and oxygen atoms in total. The van der Waals surface area contributed by atoms with Crippen LogP contribution in [0.15, 0.2) is 162 Å². The molecular formula is C49H32O. The Labute approximate surface area is 290 Å². The molecule has 0 radical (unpaired) electrons. The van der Waals surface area contributed by atoms with Crippen LogP contribution in [-0.2, 0) is 5.41 Å². The Bertz CT molecular complexity index is 2990. The van der Waals surface area contributed by atoms with Gasteiger partial charge in [0.15, 0.2) is 0 Å². The molecule has 9 aromatic carbocycles. The summed E-state index contributed by atoms with van der Waals surface area (Å²) in [4.78, 5) is 0. The summed E-state index contributed by atoms with van der Waals surface area (Å²) in [6.07, 6.45) is 0. The molecule has 0 N–H and O–H groups in total. The average molecular weight is 637 g/mol. The number of fused-ring (bicyclic) bond motifs is 6. The van der Waals surface area contributed by atoms with E-state index in [4.69, 9.17) is 4.42 Å². The minimum Gasteiger partial charge on any atom is -0.456 e. The Morgan fingerprint density at radius 3 is 1.84 bits per heavy atom. The Morgan fingerprint density at radius 2 is 1.02 bits per heavy atom. The van der Waals surface area contributed by atoms with Crippen LogP contribution in [-0.4, -0.2) is 0 Å². The standard InChI is InChI=1S/C49H32O/c1-49(2)42-13-7-6-11-36(42)40-28-33(19-25-43(40)49)34-21-15-30-18-24-39-35(22-16-31-17-23-38(34)46(30)47(31)39)37-12-8-14-45-48(37)41-27-32(20-26-44(41)50-45)29-9-4-3-5-10-29/h3-28H,1-2H3. The van der Waals surface area contributed by atoms with Crippen LogP contribution in [0.2, 0.25) is 0 Å². The largest absolute Gasteiger partial charge is 0.456 e. The molecule has 11 rings (SSSR count). The normalized spacial score (nSPS) is 13.6. The average Bonchev–Trinajstić information content (AvgIpc) is 3.65. The summed E-state index contributed by atoms with van der Waals surface area (Å²) in [5.74, 6) is 0. The van der Waals surface area contributed by atoms with E-state index in [1.165, 1.54) is 88.0 Å². The molecular weight excluding hydrogens is 605 g/mol. The number of rotatable bonds is 3. The summed E-state index contributed by atoms with van der Waals surface area (Å²) in [7, 11) is 0. The van der Waals surface area contributed by atoms with Crippen LogP contribution in [0.3, 0.4) is 0 Å². The molecule has 0 saturated carbocycles. The van der Waals surface area contributed by atoms with E-state index < -0.39 is 0 Å². The SMILES string of the molecule is CC1(C)c2ccccc2-c2cc(-c3ccc4ccc5c(-c6cccc7oc8ccc(-c9ccccc9)cc8c67)ccc6ccc3c4c65)ccc21. The fraction of sp³-hybridized carbons (Fsp3) is 0.0612. The summed E-state index contributed by atoms with van der Waals surface area (Å²) in [6.45, 7) is 4.69. The molecule has 10 aromatic rings. The Balaban J connectivity index is 1.14. The Kier molecular flexibility index (Phi) is 5.51. The highest BCUT2D eigenvalue weighted by molar-refractivity contribution is 6.28. The summed E-state index contributed by atoms with van der Waals surface area (Å²) < 4.78 is 6.46. The van der Waals surface area contributed by atoms with Crippen molar-refractivity contribution in [2.24, 2.45) is 0 Å². The molecule has 1 aliphatic carbocycles. The van der Waals surface area contributed by atoms with Crippen molar-refractivity contribution in [2.75, 3.05) is 0 Å². The van der Waals surface area contributed by atoms with Gasteiger partial charge in [0, 0.05) is 16.2 Å². The molecule has 0 amide bonds. The lowest BCUT2D eigenvalue weighted by Crippen LogP contribution is -2.14. The number of hydrogen-bond donors (Lipinski definition) is 0. The van der Waals surface area contributed by atoms with Gasteiger partial charge < -0.3 is 4.42 Å². The molecule has 0 spiro atoms. The zero-order valence-electron chi connectivity index (χ0n) is 27.9. The number of benzene rings is 9. The van der Waals surface area contributed by atoms with Crippen molar-refractivity contribution in [1.82, 2.24) is 0 Å². The van der Waals surface area contributed by atoms with E-state index in [-0.39, 0.29) is 5.41 Å². The highest BCUT2D eigenvalue weighted by Crippen LogP contribution is 2.51. The van der Waals surface area contributed by atoms with Crippen LogP contribution < -0.4 is 0 Å².